The van der Waals surface area contributed by atoms with Crippen LogP contribution in [0.15, 0.2) is 58.5 Å². The molecule has 0 N–H and O–H groups in total. The van der Waals surface area contributed by atoms with Gasteiger partial charge in [-0.25, -0.2) is 4.98 Å². The van der Waals surface area contributed by atoms with E-state index in [2.05, 4.69) is 4.74 Å². The number of benzene rings is 2. The van der Waals surface area contributed by atoms with Crippen molar-refractivity contribution in [2.45, 2.75) is 38.0 Å². The second-order valence-electron chi connectivity index (χ2n) is 8.03. The van der Waals surface area contributed by atoms with Crippen molar-refractivity contribution in [3.8, 4) is 11.4 Å². The van der Waals surface area contributed by atoms with Gasteiger partial charge in [-0.15, -0.1) is 11.3 Å². The van der Waals surface area contributed by atoms with Crippen LogP contribution in [0.5, 0.6) is 5.75 Å². The van der Waals surface area contributed by atoms with E-state index in [0.717, 1.165) is 30.4 Å². The van der Waals surface area contributed by atoms with Crippen LogP contribution in [0.4, 0.5) is 8.78 Å². The lowest BCUT2D eigenvalue weighted by Gasteiger charge is -2.13. The van der Waals surface area contributed by atoms with Crippen molar-refractivity contribution in [1.82, 2.24) is 9.55 Å². The topological polar surface area (TPSA) is 61.2 Å². The molecule has 0 aliphatic heterocycles. The van der Waals surface area contributed by atoms with Crippen LogP contribution >= 0.6 is 23.1 Å². The number of carbonyl (C=O) groups is 1. The molecule has 1 aliphatic rings. The van der Waals surface area contributed by atoms with Crippen LogP contribution < -0.4 is 10.3 Å². The number of thioether (sulfide) groups is 1. The zero-order chi connectivity index (χ0) is 23.8. The van der Waals surface area contributed by atoms with Gasteiger partial charge in [-0.1, -0.05) is 23.9 Å². The summed E-state index contributed by atoms with van der Waals surface area (Å²) in [5.74, 6) is -0.165. The van der Waals surface area contributed by atoms with Crippen molar-refractivity contribution in [3.63, 3.8) is 0 Å². The predicted octanol–water partition coefficient (Wildman–Crippen LogP) is 5.82. The van der Waals surface area contributed by atoms with Crippen LogP contribution in [0.3, 0.4) is 0 Å². The number of rotatable bonds is 7. The van der Waals surface area contributed by atoms with Crippen molar-refractivity contribution >= 4 is 39.1 Å². The number of aryl methyl sites for hydroxylation is 3. The Kier molecular flexibility index (Phi) is 6.22. The highest BCUT2D eigenvalue weighted by Crippen LogP contribution is 2.36. The molecule has 0 atom stereocenters. The Morgan fingerprint density at radius 1 is 1.21 bits per heavy atom. The Morgan fingerprint density at radius 2 is 2.00 bits per heavy atom. The number of aromatic nitrogens is 2. The van der Waals surface area contributed by atoms with Gasteiger partial charge in [-0.3, -0.25) is 14.2 Å². The Morgan fingerprint density at radius 3 is 2.74 bits per heavy atom. The Balaban J connectivity index is 1.49. The summed E-state index contributed by atoms with van der Waals surface area (Å²) in [5, 5.41) is 1.14. The molecule has 2 heterocycles. The minimum Gasteiger partial charge on any atom is -0.435 e. The molecule has 5 nitrogen and oxygen atoms in total. The maximum absolute atomic E-state index is 13.7. The summed E-state index contributed by atoms with van der Waals surface area (Å²) in [6, 6.07) is 13.2. The number of hydrogen-bond acceptors (Lipinski definition) is 6. The summed E-state index contributed by atoms with van der Waals surface area (Å²) in [7, 11) is 0. The van der Waals surface area contributed by atoms with Crippen LogP contribution in [0.2, 0.25) is 0 Å². The van der Waals surface area contributed by atoms with Crippen LogP contribution in [-0.2, 0) is 12.8 Å². The fourth-order valence-corrected chi connectivity index (χ4v) is 6.36. The van der Waals surface area contributed by atoms with Crippen molar-refractivity contribution in [2.75, 3.05) is 5.75 Å². The van der Waals surface area contributed by atoms with Gasteiger partial charge in [0, 0.05) is 10.4 Å². The molecule has 0 unspecified atom stereocenters. The van der Waals surface area contributed by atoms with Gasteiger partial charge in [-0.2, -0.15) is 8.78 Å². The first kappa shape index (κ1) is 22.7. The predicted molar refractivity (Wildman–Crippen MR) is 130 cm³/mol. The van der Waals surface area contributed by atoms with Gasteiger partial charge < -0.3 is 4.74 Å². The average molecular weight is 499 g/mol. The molecule has 0 bridgehead atoms. The van der Waals surface area contributed by atoms with E-state index in [0.29, 0.717) is 26.6 Å². The van der Waals surface area contributed by atoms with E-state index in [9.17, 15) is 18.4 Å². The molecule has 2 aromatic carbocycles. The van der Waals surface area contributed by atoms with E-state index in [1.165, 1.54) is 40.9 Å². The Hall–Kier alpha value is -3.04. The summed E-state index contributed by atoms with van der Waals surface area (Å²) >= 11 is 2.75. The lowest BCUT2D eigenvalue weighted by Crippen LogP contribution is -2.22. The Bertz CT molecular complexity index is 1450. The molecule has 0 fully saturated rings. The van der Waals surface area contributed by atoms with E-state index in [-0.39, 0.29) is 22.8 Å². The van der Waals surface area contributed by atoms with Gasteiger partial charge in [0.1, 0.15) is 10.6 Å². The van der Waals surface area contributed by atoms with Crippen molar-refractivity contribution in [3.05, 3.63) is 80.5 Å². The normalized spacial score (nSPS) is 12.9. The number of thiophene rings is 1. The Labute approximate surface area is 202 Å². The van der Waals surface area contributed by atoms with Crippen LogP contribution in [0.25, 0.3) is 15.9 Å². The summed E-state index contributed by atoms with van der Waals surface area (Å²) in [6.07, 6.45) is 2.90. The van der Waals surface area contributed by atoms with Gasteiger partial charge in [0.15, 0.2) is 10.9 Å². The van der Waals surface area contributed by atoms with Crippen molar-refractivity contribution < 1.29 is 18.3 Å². The quantitative estimate of drug-likeness (QED) is 0.183. The monoisotopic (exact) mass is 498 g/mol. The van der Waals surface area contributed by atoms with Crippen molar-refractivity contribution in [1.29, 1.82) is 0 Å². The number of carbonyl (C=O) groups excluding carboxylic acids is 1. The molecular formula is C25H20F2N2O3S2. The summed E-state index contributed by atoms with van der Waals surface area (Å²) in [5.41, 5.74) is 3.09. The molecule has 174 valence electrons. The summed E-state index contributed by atoms with van der Waals surface area (Å²) in [6.45, 7) is -0.962. The molecule has 0 saturated heterocycles. The first-order valence-electron chi connectivity index (χ1n) is 10.8. The molecule has 0 spiro atoms. The van der Waals surface area contributed by atoms with Crippen LogP contribution in [-0.4, -0.2) is 27.7 Å². The third-order valence-electron chi connectivity index (χ3n) is 5.70. The third kappa shape index (κ3) is 4.37. The lowest BCUT2D eigenvalue weighted by molar-refractivity contribution is -0.0498. The number of ether oxygens (including phenoxy) is 1. The third-order valence-corrected chi connectivity index (χ3v) is 7.83. The van der Waals surface area contributed by atoms with Crippen molar-refractivity contribution in [2.24, 2.45) is 0 Å². The number of fused-ring (bicyclic) bond motifs is 3. The number of alkyl halides is 2. The fraction of sp³-hybridized carbons (Fsp3) is 0.240. The molecule has 34 heavy (non-hydrogen) atoms. The number of ketones is 1. The smallest absolute Gasteiger partial charge is 0.387 e. The van der Waals surface area contributed by atoms with Gasteiger partial charge in [0.05, 0.1) is 16.8 Å². The number of halogens is 2. The maximum Gasteiger partial charge on any atom is 0.387 e. The first-order chi connectivity index (χ1) is 16.4. The van der Waals surface area contributed by atoms with Gasteiger partial charge in [0.2, 0.25) is 0 Å². The second-order valence-corrected chi connectivity index (χ2v) is 10.1. The molecule has 0 amide bonds. The highest BCUT2D eigenvalue weighted by atomic mass is 32.2. The minimum absolute atomic E-state index is 0.00893. The van der Waals surface area contributed by atoms with Gasteiger partial charge in [-0.05, 0) is 73.7 Å². The zero-order valence-electron chi connectivity index (χ0n) is 18.2. The second kappa shape index (κ2) is 9.31. The van der Waals surface area contributed by atoms with E-state index in [4.69, 9.17) is 4.98 Å². The SMILES string of the molecule is Cc1cccc(-n2c(SCC(=O)c3ccc(OC(F)F)cc3)nc3sc4c(c3c2=O)CCC4)c1. The molecule has 0 radical (unpaired) electrons. The molecule has 9 heteroatoms. The van der Waals surface area contributed by atoms with Gasteiger partial charge >= 0.3 is 6.61 Å². The van der Waals surface area contributed by atoms with E-state index in [1.54, 1.807) is 15.9 Å². The van der Waals surface area contributed by atoms with Gasteiger partial charge in [0.25, 0.3) is 5.56 Å². The largest absolute Gasteiger partial charge is 0.435 e. The summed E-state index contributed by atoms with van der Waals surface area (Å²) < 4.78 is 30.7. The highest BCUT2D eigenvalue weighted by Gasteiger charge is 2.24. The molecule has 1 aliphatic carbocycles. The van der Waals surface area contributed by atoms with E-state index >= 15 is 0 Å². The first-order valence-corrected chi connectivity index (χ1v) is 12.6. The molecule has 2 aromatic heterocycles. The highest BCUT2D eigenvalue weighted by molar-refractivity contribution is 7.99. The number of Topliss-reactive ketones (excluding diaryl/α,β-unsaturated/α-hetero) is 1. The van der Waals surface area contributed by atoms with Crippen LogP contribution in [0, 0.1) is 6.92 Å². The molecule has 0 saturated carbocycles. The number of hydrogen-bond donors (Lipinski definition) is 0. The number of nitrogens with zero attached hydrogens (tertiary/aromatic N) is 2. The maximum atomic E-state index is 13.7. The fourth-order valence-electron chi connectivity index (χ4n) is 4.15. The summed E-state index contributed by atoms with van der Waals surface area (Å²) in [4.78, 5) is 33.2. The molecular weight excluding hydrogens is 478 g/mol. The van der Waals surface area contributed by atoms with Crippen LogP contribution in [0.1, 0.15) is 32.8 Å². The lowest BCUT2D eigenvalue weighted by atomic mass is 10.1. The molecule has 5 rings (SSSR count). The van der Waals surface area contributed by atoms with E-state index < -0.39 is 6.61 Å². The van der Waals surface area contributed by atoms with E-state index in [1.807, 2.05) is 31.2 Å². The average Bonchev–Trinajstić information content (AvgIpc) is 3.38. The standard InChI is InChI=1S/C25H20F2N2O3S2/c1-14-4-2-5-16(12-14)29-23(31)21-18-6-3-7-20(18)34-22(21)28-25(29)33-13-19(30)15-8-10-17(11-9-15)32-24(26)27/h2,4-5,8-12,24H,3,6-7,13H2,1H3. The minimum atomic E-state index is -2.92. The zero-order valence-corrected chi connectivity index (χ0v) is 19.8. The molecule has 4 aromatic rings.